The van der Waals surface area contributed by atoms with E-state index in [-0.39, 0.29) is 5.75 Å². The molecule has 0 saturated carbocycles. The topological polar surface area (TPSA) is 38.7 Å². The molecule has 0 aliphatic carbocycles. The summed E-state index contributed by atoms with van der Waals surface area (Å²) in [6.45, 7) is 5.34. The zero-order valence-electron chi connectivity index (χ0n) is 10.7. The van der Waals surface area contributed by atoms with Gasteiger partial charge in [-0.25, -0.2) is 4.21 Å². The number of benzene rings is 1. The highest BCUT2D eigenvalue weighted by molar-refractivity contribution is 7.85. The minimum Gasteiger partial charge on any atom is -0.406 e. The fourth-order valence-electron chi connectivity index (χ4n) is 1.02. The van der Waals surface area contributed by atoms with Crippen molar-refractivity contribution in [1.82, 2.24) is 0 Å². The summed E-state index contributed by atoms with van der Waals surface area (Å²) in [5, 5.41) is 0. The molecule has 0 amide bonds. The van der Waals surface area contributed by atoms with Crippen LogP contribution in [0.5, 0.6) is 5.75 Å². The van der Waals surface area contributed by atoms with Crippen molar-refractivity contribution in [2.75, 3.05) is 0 Å². The second-order valence-corrected chi connectivity index (χ2v) is 6.65. The molecule has 0 heterocycles. The van der Waals surface area contributed by atoms with Gasteiger partial charge in [0.05, 0.1) is 4.75 Å². The van der Waals surface area contributed by atoms with E-state index in [2.05, 4.69) is 9.13 Å². The van der Waals surface area contributed by atoms with Gasteiger partial charge in [0.15, 0.2) is 0 Å². The monoisotopic (exact) mass is 293 g/mol. The lowest BCUT2D eigenvalue weighted by molar-refractivity contribution is -0.274. The van der Waals surface area contributed by atoms with Crippen LogP contribution in [0, 0.1) is 0 Å². The van der Waals surface area contributed by atoms with Gasteiger partial charge in [-0.2, -0.15) is 4.40 Å². The molecule has 0 fully saturated rings. The van der Waals surface area contributed by atoms with Crippen LogP contribution in [0.3, 0.4) is 0 Å². The fraction of sp³-hybridized carbons (Fsp3) is 0.417. The van der Waals surface area contributed by atoms with E-state index in [1.54, 1.807) is 20.8 Å². The Morgan fingerprint density at radius 2 is 1.68 bits per heavy atom. The van der Waals surface area contributed by atoms with Crippen LogP contribution in [0.2, 0.25) is 0 Å². The summed E-state index contributed by atoms with van der Waals surface area (Å²) in [4.78, 5) is 0. The van der Waals surface area contributed by atoms with Gasteiger partial charge in [-0.3, -0.25) is 0 Å². The van der Waals surface area contributed by atoms with Crippen LogP contribution in [0.4, 0.5) is 13.2 Å². The fourth-order valence-corrected chi connectivity index (χ4v) is 1.56. The standard InChI is InChI=1S/C12H14F3NO2S/c1-11(2,3)19(17)16-8-9-4-6-10(7-5-9)18-12(13,14)15/h4-8H,1-3H3/b16-8+. The van der Waals surface area contributed by atoms with Crippen molar-refractivity contribution in [1.29, 1.82) is 0 Å². The van der Waals surface area contributed by atoms with Gasteiger partial charge in [-0.1, -0.05) is 0 Å². The molecule has 0 N–H and O–H groups in total. The van der Waals surface area contributed by atoms with E-state index >= 15 is 0 Å². The normalized spacial score (nSPS) is 14.6. The maximum atomic E-state index is 11.9. The molecule has 1 unspecified atom stereocenters. The number of ether oxygens (including phenoxy) is 1. The first-order valence-corrected chi connectivity index (χ1v) is 6.50. The lowest BCUT2D eigenvalue weighted by Gasteiger charge is -2.12. The van der Waals surface area contributed by atoms with Crippen molar-refractivity contribution < 1.29 is 22.1 Å². The van der Waals surface area contributed by atoms with Gasteiger partial charge in [0, 0.05) is 6.21 Å². The van der Waals surface area contributed by atoms with Crippen molar-refractivity contribution in [2.45, 2.75) is 31.9 Å². The van der Waals surface area contributed by atoms with Gasteiger partial charge in [0.1, 0.15) is 16.7 Å². The molecule has 0 spiro atoms. The second kappa shape index (κ2) is 5.73. The largest absolute Gasteiger partial charge is 0.573 e. The quantitative estimate of drug-likeness (QED) is 0.800. The third kappa shape index (κ3) is 5.87. The lowest BCUT2D eigenvalue weighted by atomic mass is 10.2. The van der Waals surface area contributed by atoms with Gasteiger partial charge in [0.25, 0.3) is 0 Å². The summed E-state index contributed by atoms with van der Waals surface area (Å²) in [7, 11) is -1.40. The Kier molecular flexibility index (Phi) is 4.73. The molecule has 7 heteroatoms. The summed E-state index contributed by atoms with van der Waals surface area (Å²) in [5.74, 6) is -0.304. The minimum atomic E-state index is -4.71. The highest BCUT2D eigenvalue weighted by atomic mass is 32.2. The van der Waals surface area contributed by atoms with Crippen LogP contribution >= 0.6 is 0 Å². The zero-order valence-corrected chi connectivity index (χ0v) is 11.5. The van der Waals surface area contributed by atoms with Gasteiger partial charge >= 0.3 is 6.36 Å². The molecule has 1 rings (SSSR count). The molecule has 0 aromatic heterocycles. The highest BCUT2D eigenvalue weighted by Gasteiger charge is 2.30. The van der Waals surface area contributed by atoms with E-state index in [9.17, 15) is 17.4 Å². The second-order valence-electron chi connectivity index (χ2n) is 4.71. The Morgan fingerprint density at radius 3 is 2.11 bits per heavy atom. The number of hydrogen-bond donors (Lipinski definition) is 0. The predicted molar refractivity (Wildman–Crippen MR) is 68.6 cm³/mol. The van der Waals surface area contributed by atoms with Crippen molar-refractivity contribution in [3.63, 3.8) is 0 Å². The maximum absolute atomic E-state index is 11.9. The molecule has 3 nitrogen and oxygen atoms in total. The van der Waals surface area contributed by atoms with E-state index in [4.69, 9.17) is 0 Å². The van der Waals surface area contributed by atoms with Crippen molar-refractivity contribution >= 4 is 17.2 Å². The van der Waals surface area contributed by atoms with Crippen molar-refractivity contribution in [3.05, 3.63) is 29.8 Å². The first-order valence-electron chi connectivity index (χ1n) is 5.40. The Balaban J connectivity index is 2.73. The molecular formula is C12H14F3NO2S. The third-order valence-corrected chi connectivity index (χ3v) is 3.28. The number of alkyl halides is 3. The number of halogens is 3. The predicted octanol–water partition coefficient (Wildman–Crippen LogP) is 3.47. The maximum Gasteiger partial charge on any atom is 0.573 e. The summed E-state index contributed by atoms with van der Waals surface area (Å²) >= 11 is 0. The molecule has 106 valence electrons. The summed E-state index contributed by atoms with van der Waals surface area (Å²) in [5.41, 5.74) is 0.548. The molecule has 1 atom stereocenters. The highest BCUT2D eigenvalue weighted by Crippen LogP contribution is 2.22. The van der Waals surface area contributed by atoms with Crippen LogP contribution in [0.1, 0.15) is 26.3 Å². The molecule has 0 aliphatic rings. The first kappa shape index (κ1) is 15.7. The number of rotatable bonds is 3. The molecule has 19 heavy (non-hydrogen) atoms. The van der Waals surface area contributed by atoms with Gasteiger partial charge < -0.3 is 4.74 Å². The Morgan fingerprint density at radius 1 is 1.16 bits per heavy atom. The minimum absolute atomic E-state index is 0.304. The smallest absolute Gasteiger partial charge is 0.406 e. The first-order chi connectivity index (χ1) is 8.58. The van der Waals surface area contributed by atoms with Crippen LogP contribution in [0.25, 0.3) is 0 Å². The van der Waals surface area contributed by atoms with E-state index in [0.29, 0.717) is 5.56 Å². The van der Waals surface area contributed by atoms with Crippen molar-refractivity contribution in [3.8, 4) is 5.75 Å². The molecule has 0 aliphatic heterocycles. The van der Waals surface area contributed by atoms with Crippen LogP contribution in [-0.2, 0) is 11.0 Å². The Labute approximate surface area is 112 Å². The molecule has 0 radical (unpaired) electrons. The van der Waals surface area contributed by atoms with Gasteiger partial charge in [0.2, 0.25) is 0 Å². The number of hydrogen-bond acceptors (Lipinski definition) is 2. The summed E-state index contributed by atoms with van der Waals surface area (Å²) in [6.07, 6.45) is -3.35. The lowest BCUT2D eigenvalue weighted by Crippen LogP contribution is -2.19. The average Bonchev–Trinajstić information content (AvgIpc) is 2.24. The van der Waals surface area contributed by atoms with Crippen molar-refractivity contribution in [2.24, 2.45) is 4.40 Å². The average molecular weight is 293 g/mol. The van der Waals surface area contributed by atoms with Crippen LogP contribution in [-0.4, -0.2) is 21.5 Å². The van der Waals surface area contributed by atoms with Crippen LogP contribution in [0.15, 0.2) is 28.7 Å². The molecular weight excluding hydrogens is 279 g/mol. The van der Waals surface area contributed by atoms with E-state index in [1.807, 2.05) is 0 Å². The third-order valence-electron chi connectivity index (χ3n) is 1.94. The molecule has 0 bridgehead atoms. The van der Waals surface area contributed by atoms with E-state index in [1.165, 1.54) is 30.5 Å². The van der Waals surface area contributed by atoms with Crippen LogP contribution < -0.4 is 4.74 Å². The van der Waals surface area contributed by atoms with Gasteiger partial charge in [-0.15, -0.1) is 13.2 Å². The van der Waals surface area contributed by atoms with Gasteiger partial charge in [-0.05, 0) is 50.6 Å². The number of nitrogens with zero attached hydrogens (tertiary/aromatic N) is 1. The van der Waals surface area contributed by atoms with E-state index in [0.717, 1.165) is 0 Å². The molecule has 1 aromatic carbocycles. The zero-order chi connectivity index (χ0) is 14.7. The Hall–Kier alpha value is -1.37. The summed E-state index contributed by atoms with van der Waals surface area (Å²) < 4.78 is 54.6. The summed E-state index contributed by atoms with van der Waals surface area (Å²) in [6, 6.07) is 5.17. The SMILES string of the molecule is CC(C)(C)S(=O)/N=C/c1ccc(OC(F)(F)F)cc1. The molecule has 1 aromatic rings. The Bertz CT molecular complexity index is 475. The molecule has 0 saturated heterocycles. The van der Waals surface area contributed by atoms with E-state index < -0.39 is 22.1 Å².